The number of hydrogen-bond donors (Lipinski definition) is 2. The van der Waals surface area contributed by atoms with Gasteiger partial charge in [-0.05, 0) is 90.8 Å². The van der Waals surface area contributed by atoms with Crippen LogP contribution in [0.3, 0.4) is 0 Å². The number of ether oxygens (including phenoxy) is 1. The van der Waals surface area contributed by atoms with E-state index in [9.17, 15) is 4.79 Å². The summed E-state index contributed by atoms with van der Waals surface area (Å²) < 4.78 is 12.3. The van der Waals surface area contributed by atoms with Gasteiger partial charge in [0.15, 0.2) is 17.3 Å². The molecule has 0 bridgehead atoms. The largest absolute Gasteiger partial charge is 0.484 e. The molecule has 3 aromatic carbocycles. The lowest BCUT2D eigenvalue weighted by Gasteiger charge is -2.10. The van der Waals surface area contributed by atoms with Gasteiger partial charge in [0, 0.05) is 15.7 Å². The molecule has 174 valence electrons. The third-order valence-corrected chi connectivity index (χ3v) is 6.15. The molecule has 0 fully saturated rings. The van der Waals surface area contributed by atoms with Crippen molar-refractivity contribution in [1.82, 2.24) is 10.3 Å². The van der Waals surface area contributed by atoms with Crippen LogP contribution in [0.1, 0.15) is 31.7 Å². The van der Waals surface area contributed by atoms with E-state index >= 15 is 0 Å². The van der Waals surface area contributed by atoms with Gasteiger partial charge in [0.1, 0.15) is 11.3 Å². The first-order valence-electron chi connectivity index (χ1n) is 10.9. The lowest BCUT2D eigenvalue weighted by Crippen LogP contribution is -2.37. The molecule has 1 heterocycles. The second-order valence-electron chi connectivity index (χ2n) is 7.88. The first-order valence-corrected chi connectivity index (χ1v) is 12.1. The van der Waals surface area contributed by atoms with E-state index in [4.69, 9.17) is 21.4 Å². The summed E-state index contributed by atoms with van der Waals surface area (Å²) in [5.41, 5.74) is 4.46. The lowest BCUT2D eigenvalue weighted by molar-refractivity contribution is -0.121. The third kappa shape index (κ3) is 6.01. The fraction of sp³-hybridized carbons (Fsp3) is 0.192. The molecule has 4 rings (SSSR count). The Labute approximate surface area is 211 Å². The molecule has 0 unspecified atom stereocenters. The van der Waals surface area contributed by atoms with Crippen LogP contribution >= 0.6 is 28.1 Å². The molecule has 0 aliphatic rings. The van der Waals surface area contributed by atoms with Crippen molar-refractivity contribution in [2.45, 2.75) is 26.2 Å². The summed E-state index contributed by atoms with van der Waals surface area (Å²) in [6.45, 7) is 4.24. The molecule has 6 nitrogen and oxygen atoms in total. The van der Waals surface area contributed by atoms with Crippen molar-refractivity contribution < 1.29 is 13.9 Å². The zero-order chi connectivity index (χ0) is 24.1. The standard InChI is InChI=1S/C26H24BrN3O3S/c1-3-16(2)18-6-13-23-22(14-18)29-25(33-23)17-4-9-20(10-5-17)28-26(34)30-24(31)15-32-21-11-7-19(27)8-12-21/h4-14,16H,3,15H2,1-2H3,(H2,28,30,31,34)/t16-/m0/s1. The van der Waals surface area contributed by atoms with Gasteiger partial charge in [-0.3, -0.25) is 10.1 Å². The average Bonchev–Trinajstić information content (AvgIpc) is 3.27. The molecule has 34 heavy (non-hydrogen) atoms. The maximum atomic E-state index is 12.1. The quantitative estimate of drug-likeness (QED) is 0.256. The zero-order valence-corrected chi connectivity index (χ0v) is 21.2. The van der Waals surface area contributed by atoms with Crippen molar-refractivity contribution in [2.75, 3.05) is 11.9 Å². The molecule has 0 saturated heterocycles. The predicted octanol–water partition coefficient (Wildman–Crippen LogP) is 6.66. The first kappa shape index (κ1) is 23.9. The molecular formula is C26H24BrN3O3S. The summed E-state index contributed by atoms with van der Waals surface area (Å²) in [6, 6.07) is 20.9. The maximum absolute atomic E-state index is 12.1. The Balaban J connectivity index is 1.33. The third-order valence-electron chi connectivity index (χ3n) is 5.42. The van der Waals surface area contributed by atoms with Gasteiger partial charge in [0.05, 0.1) is 0 Å². The summed E-state index contributed by atoms with van der Waals surface area (Å²) in [7, 11) is 0. The lowest BCUT2D eigenvalue weighted by atomic mass is 9.98. The van der Waals surface area contributed by atoms with Crippen LogP contribution in [-0.2, 0) is 4.79 Å². The summed E-state index contributed by atoms with van der Waals surface area (Å²) in [5.74, 6) is 1.29. The molecule has 2 N–H and O–H groups in total. The molecule has 1 amide bonds. The SMILES string of the molecule is CC[C@H](C)c1ccc2oc(-c3ccc(NC(=S)NC(=O)COc4ccc(Br)cc4)cc3)nc2c1. The number of carbonyl (C=O) groups excluding carboxylic acids is 1. The molecule has 0 radical (unpaired) electrons. The van der Waals surface area contributed by atoms with Crippen LogP contribution in [0.2, 0.25) is 0 Å². The molecule has 0 saturated carbocycles. The monoisotopic (exact) mass is 537 g/mol. The van der Waals surface area contributed by atoms with Crippen LogP contribution in [0, 0.1) is 0 Å². The minimum absolute atomic E-state index is 0.140. The van der Waals surface area contributed by atoms with Crippen LogP contribution in [0.25, 0.3) is 22.6 Å². The topological polar surface area (TPSA) is 76.4 Å². The van der Waals surface area contributed by atoms with E-state index in [2.05, 4.69) is 57.5 Å². The van der Waals surface area contributed by atoms with Gasteiger partial charge in [-0.2, -0.15) is 0 Å². The number of carbonyl (C=O) groups is 1. The normalized spacial score (nSPS) is 11.7. The van der Waals surface area contributed by atoms with Gasteiger partial charge in [0.2, 0.25) is 5.89 Å². The minimum Gasteiger partial charge on any atom is -0.484 e. The van der Waals surface area contributed by atoms with Crippen molar-refractivity contribution in [2.24, 2.45) is 0 Å². The molecule has 0 spiro atoms. The minimum atomic E-state index is -0.347. The van der Waals surface area contributed by atoms with E-state index in [-0.39, 0.29) is 17.6 Å². The van der Waals surface area contributed by atoms with Crippen LogP contribution in [0.4, 0.5) is 5.69 Å². The van der Waals surface area contributed by atoms with Crippen LogP contribution < -0.4 is 15.4 Å². The number of benzene rings is 3. The number of fused-ring (bicyclic) bond motifs is 1. The summed E-state index contributed by atoms with van der Waals surface area (Å²) in [5, 5.41) is 5.80. The molecule has 1 atom stereocenters. The van der Waals surface area contributed by atoms with Gasteiger partial charge in [-0.25, -0.2) is 4.98 Å². The number of anilines is 1. The zero-order valence-electron chi connectivity index (χ0n) is 18.8. The predicted molar refractivity (Wildman–Crippen MR) is 142 cm³/mol. The van der Waals surface area contributed by atoms with E-state index < -0.39 is 0 Å². The van der Waals surface area contributed by atoms with Gasteiger partial charge < -0.3 is 14.5 Å². The number of thiocarbonyl (C=S) groups is 1. The number of hydrogen-bond acceptors (Lipinski definition) is 5. The van der Waals surface area contributed by atoms with Gasteiger partial charge in [-0.1, -0.05) is 35.8 Å². The van der Waals surface area contributed by atoms with Crippen molar-refractivity contribution in [3.8, 4) is 17.2 Å². The Morgan fingerprint density at radius 2 is 1.85 bits per heavy atom. The van der Waals surface area contributed by atoms with Crippen LogP contribution in [0.15, 0.2) is 75.6 Å². The highest BCUT2D eigenvalue weighted by atomic mass is 79.9. The van der Waals surface area contributed by atoms with Crippen molar-refractivity contribution >= 4 is 56.0 Å². The number of aromatic nitrogens is 1. The average molecular weight is 538 g/mol. The van der Waals surface area contributed by atoms with Gasteiger partial charge >= 0.3 is 0 Å². The van der Waals surface area contributed by atoms with Crippen molar-refractivity contribution in [3.63, 3.8) is 0 Å². The second kappa shape index (κ2) is 10.8. The summed E-state index contributed by atoms with van der Waals surface area (Å²) in [6.07, 6.45) is 1.07. The fourth-order valence-electron chi connectivity index (χ4n) is 3.31. The molecule has 4 aromatic rings. The molecule has 0 aliphatic carbocycles. The van der Waals surface area contributed by atoms with Gasteiger partial charge in [0.25, 0.3) is 5.91 Å². The highest BCUT2D eigenvalue weighted by Gasteiger charge is 2.12. The number of rotatable bonds is 7. The highest BCUT2D eigenvalue weighted by Crippen LogP contribution is 2.28. The molecule has 0 aliphatic heterocycles. The molecule has 1 aromatic heterocycles. The highest BCUT2D eigenvalue weighted by molar-refractivity contribution is 9.10. The Morgan fingerprint density at radius 3 is 2.56 bits per heavy atom. The van der Waals surface area contributed by atoms with Crippen LogP contribution in [-0.4, -0.2) is 22.6 Å². The number of oxazole rings is 1. The second-order valence-corrected chi connectivity index (χ2v) is 9.20. The molecule has 8 heteroatoms. The van der Waals surface area contributed by atoms with Crippen molar-refractivity contribution in [3.05, 3.63) is 76.8 Å². The first-order chi connectivity index (χ1) is 16.4. The van der Waals surface area contributed by atoms with E-state index in [1.54, 1.807) is 12.1 Å². The van der Waals surface area contributed by atoms with E-state index in [0.717, 1.165) is 33.2 Å². The Morgan fingerprint density at radius 1 is 1.12 bits per heavy atom. The Hall–Kier alpha value is -3.23. The van der Waals surface area contributed by atoms with Gasteiger partial charge in [-0.15, -0.1) is 0 Å². The van der Waals surface area contributed by atoms with Crippen molar-refractivity contribution in [1.29, 1.82) is 0 Å². The van der Waals surface area contributed by atoms with E-state index in [1.165, 1.54) is 5.56 Å². The maximum Gasteiger partial charge on any atom is 0.264 e. The summed E-state index contributed by atoms with van der Waals surface area (Å²) >= 11 is 8.59. The van der Waals surface area contributed by atoms with E-state index in [0.29, 0.717) is 17.6 Å². The number of nitrogens with zero attached hydrogens (tertiary/aromatic N) is 1. The molecular weight excluding hydrogens is 514 g/mol. The van der Waals surface area contributed by atoms with E-state index in [1.807, 2.05) is 42.5 Å². The number of nitrogens with one attached hydrogen (secondary N) is 2. The number of amides is 1. The Bertz CT molecular complexity index is 1300. The smallest absolute Gasteiger partial charge is 0.264 e. The summed E-state index contributed by atoms with van der Waals surface area (Å²) in [4.78, 5) is 16.8. The number of halogens is 1. The van der Waals surface area contributed by atoms with Crippen LogP contribution in [0.5, 0.6) is 5.75 Å². The Kier molecular flexibility index (Phi) is 7.59. The fourth-order valence-corrected chi connectivity index (χ4v) is 3.81.